The molecular formula is C19H17N5O2. The molecule has 0 atom stereocenters. The Kier molecular flexibility index (Phi) is 4.34. The van der Waals surface area contributed by atoms with Crippen molar-refractivity contribution in [1.29, 1.82) is 0 Å². The van der Waals surface area contributed by atoms with Gasteiger partial charge in [-0.2, -0.15) is 0 Å². The molecule has 0 saturated carbocycles. The SMILES string of the molecule is O=C(NCCNc1ccc(-n2cccc2)nn1)c1cc2ccccc2o1. The Morgan fingerprint density at radius 2 is 1.85 bits per heavy atom. The fourth-order valence-corrected chi connectivity index (χ4v) is 2.59. The highest BCUT2D eigenvalue weighted by atomic mass is 16.3. The van der Waals surface area contributed by atoms with Crippen molar-refractivity contribution in [3.05, 3.63) is 72.8 Å². The van der Waals surface area contributed by atoms with Gasteiger partial charge in [-0.05, 0) is 36.4 Å². The first-order chi connectivity index (χ1) is 12.8. The van der Waals surface area contributed by atoms with Gasteiger partial charge < -0.3 is 19.6 Å². The molecule has 26 heavy (non-hydrogen) atoms. The molecule has 2 N–H and O–H groups in total. The highest BCUT2D eigenvalue weighted by Crippen LogP contribution is 2.18. The maximum atomic E-state index is 12.1. The van der Waals surface area contributed by atoms with Gasteiger partial charge in [0, 0.05) is 30.9 Å². The maximum absolute atomic E-state index is 12.1. The fraction of sp³-hybridized carbons (Fsp3) is 0.105. The van der Waals surface area contributed by atoms with Gasteiger partial charge in [0.15, 0.2) is 11.6 Å². The number of fused-ring (bicyclic) bond motifs is 1. The first-order valence-corrected chi connectivity index (χ1v) is 8.27. The zero-order valence-corrected chi connectivity index (χ0v) is 13.9. The van der Waals surface area contributed by atoms with Gasteiger partial charge in [0.05, 0.1) is 0 Å². The van der Waals surface area contributed by atoms with Crippen LogP contribution < -0.4 is 10.6 Å². The molecule has 3 aromatic heterocycles. The monoisotopic (exact) mass is 347 g/mol. The molecule has 0 aliphatic carbocycles. The Bertz CT molecular complexity index is 973. The van der Waals surface area contributed by atoms with Crippen LogP contribution in [0.4, 0.5) is 5.82 Å². The number of hydrogen-bond donors (Lipinski definition) is 2. The van der Waals surface area contributed by atoms with Crippen LogP contribution in [-0.4, -0.2) is 33.8 Å². The van der Waals surface area contributed by atoms with Crippen LogP contribution in [0.5, 0.6) is 0 Å². The molecule has 3 heterocycles. The van der Waals surface area contributed by atoms with E-state index < -0.39 is 0 Å². The van der Waals surface area contributed by atoms with Crippen molar-refractivity contribution in [2.45, 2.75) is 0 Å². The minimum absolute atomic E-state index is 0.239. The summed E-state index contributed by atoms with van der Waals surface area (Å²) < 4.78 is 7.42. The Balaban J connectivity index is 1.27. The van der Waals surface area contributed by atoms with Crippen LogP contribution >= 0.6 is 0 Å². The second-order valence-electron chi connectivity index (χ2n) is 5.70. The molecule has 4 aromatic rings. The number of carbonyl (C=O) groups is 1. The number of para-hydroxylation sites is 1. The number of aromatic nitrogens is 3. The van der Waals surface area contributed by atoms with Crippen molar-refractivity contribution in [3.8, 4) is 5.82 Å². The number of carbonyl (C=O) groups excluding carboxylic acids is 1. The lowest BCUT2D eigenvalue weighted by molar-refractivity contribution is 0.0929. The smallest absolute Gasteiger partial charge is 0.287 e. The normalized spacial score (nSPS) is 10.8. The largest absolute Gasteiger partial charge is 0.451 e. The number of nitrogens with one attached hydrogen (secondary N) is 2. The second-order valence-corrected chi connectivity index (χ2v) is 5.70. The zero-order chi connectivity index (χ0) is 17.8. The Morgan fingerprint density at radius 3 is 2.62 bits per heavy atom. The van der Waals surface area contributed by atoms with Crippen LogP contribution in [0.15, 0.2) is 71.4 Å². The van der Waals surface area contributed by atoms with Gasteiger partial charge in [-0.1, -0.05) is 18.2 Å². The molecule has 0 aliphatic rings. The predicted octanol–water partition coefficient (Wildman–Crippen LogP) is 2.86. The fourth-order valence-electron chi connectivity index (χ4n) is 2.59. The van der Waals surface area contributed by atoms with Crippen LogP contribution in [0, 0.1) is 0 Å². The van der Waals surface area contributed by atoms with Crippen LogP contribution in [0.25, 0.3) is 16.8 Å². The highest BCUT2D eigenvalue weighted by Gasteiger charge is 2.11. The number of anilines is 1. The van der Waals surface area contributed by atoms with Crippen LogP contribution in [0.3, 0.4) is 0 Å². The second kappa shape index (κ2) is 7.10. The number of amides is 1. The minimum atomic E-state index is -0.239. The third-order valence-electron chi connectivity index (χ3n) is 3.89. The van der Waals surface area contributed by atoms with Gasteiger partial charge in [0.1, 0.15) is 11.4 Å². The molecule has 0 aliphatic heterocycles. The lowest BCUT2D eigenvalue weighted by Crippen LogP contribution is -2.28. The Labute approximate surface area is 149 Å². The van der Waals surface area contributed by atoms with Gasteiger partial charge in [-0.25, -0.2) is 0 Å². The summed E-state index contributed by atoms with van der Waals surface area (Å²) in [7, 11) is 0. The summed E-state index contributed by atoms with van der Waals surface area (Å²) in [6.45, 7) is 0.973. The minimum Gasteiger partial charge on any atom is -0.451 e. The van der Waals surface area contributed by atoms with E-state index in [0.29, 0.717) is 30.3 Å². The van der Waals surface area contributed by atoms with E-state index in [-0.39, 0.29) is 5.91 Å². The molecule has 0 saturated heterocycles. The molecule has 7 nitrogen and oxygen atoms in total. The van der Waals surface area contributed by atoms with Gasteiger partial charge in [-0.3, -0.25) is 4.79 Å². The summed E-state index contributed by atoms with van der Waals surface area (Å²) in [5.41, 5.74) is 0.703. The van der Waals surface area contributed by atoms with Gasteiger partial charge >= 0.3 is 0 Å². The standard InChI is InChI=1S/C19H17N5O2/c25-19(16-13-14-5-1-2-6-15(14)26-16)21-10-9-20-17-7-8-18(23-22-17)24-11-3-4-12-24/h1-8,11-13H,9-10H2,(H,20,22)(H,21,25). The van der Waals surface area contributed by atoms with Crippen LogP contribution in [0.1, 0.15) is 10.6 Å². The van der Waals surface area contributed by atoms with E-state index in [1.54, 1.807) is 6.07 Å². The Hall–Kier alpha value is -3.61. The number of benzene rings is 1. The van der Waals surface area contributed by atoms with Gasteiger partial charge in [0.2, 0.25) is 0 Å². The van der Waals surface area contributed by atoms with Crippen molar-refractivity contribution in [1.82, 2.24) is 20.1 Å². The average molecular weight is 347 g/mol. The summed E-state index contributed by atoms with van der Waals surface area (Å²) in [4.78, 5) is 12.1. The van der Waals surface area contributed by atoms with E-state index in [4.69, 9.17) is 4.42 Å². The van der Waals surface area contributed by atoms with E-state index in [0.717, 1.165) is 11.2 Å². The number of nitrogens with zero attached hydrogens (tertiary/aromatic N) is 3. The molecule has 1 aromatic carbocycles. The predicted molar refractivity (Wildman–Crippen MR) is 98.4 cm³/mol. The summed E-state index contributed by atoms with van der Waals surface area (Å²) in [6.07, 6.45) is 3.81. The number of rotatable bonds is 6. The topological polar surface area (TPSA) is 85.0 Å². The molecule has 0 fully saturated rings. The number of hydrogen-bond acceptors (Lipinski definition) is 5. The third kappa shape index (κ3) is 3.41. The molecule has 0 unspecified atom stereocenters. The van der Waals surface area contributed by atoms with Gasteiger partial charge in [-0.15, -0.1) is 10.2 Å². The van der Waals surface area contributed by atoms with E-state index in [1.807, 2.05) is 65.5 Å². The van der Waals surface area contributed by atoms with Crippen molar-refractivity contribution >= 4 is 22.7 Å². The van der Waals surface area contributed by atoms with E-state index in [2.05, 4.69) is 20.8 Å². The first-order valence-electron chi connectivity index (χ1n) is 8.27. The lowest BCUT2D eigenvalue weighted by Gasteiger charge is -2.07. The molecule has 4 rings (SSSR count). The van der Waals surface area contributed by atoms with Crippen molar-refractivity contribution in [3.63, 3.8) is 0 Å². The van der Waals surface area contributed by atoms with E-state index >= 15 is 0 Å². The summed E-state index contributed by atoms with van der Waals surface area (Å²) in [5, 5.41) is 15.1. The van der Waals surface area contributed by atoms with E-state index in [9.17, 15) is 4.79 Å². The average Bonchev–Trinajstić information content (AvgIpc) is 3.35. The summed E-state index contributed by atoms with van der Waals surface area (Å²) in [6, 6.07) is 16.9. The molecule has 0 spiro atoms. The number of furan rings is 1. The van der Waals surface area contributed by atoms with Crippen molar-refractivity contribution in [2.75, 3.05) is 18.4 Å². The first kappa shape index (κ1) is 15.9. The van der Waals surface area contributed by atoms with E-state index in [1.165, 1.54) is 0 Å². The quantitative estimate of drug-likeness (QED) is 0.524. The van der Waals surface area contributed by atoms with Gasteiger partial charge in [0.25, 0.3) is 5.91 Å². The molecule has 0 radical (unpaired) electrons. The Morgan fingerprint density at radius 1 is 1.00 bits per heavy atom. The molecule has 0 bridgehead atoms. The van der Waals surface area contributed by atoms with Crippen LogP contribution in [0.2, 0.25) is 0 Å². The molecule has 7 heteroatoms. The third-order valence-corrected chi connectivity index (χ3v) is 3.89. The molecule has 130 valence electrons. The lowest BCUT2D eigenvalue weighted by atomic mass is 10.2. The maximum Gasteiger partial charge on any atom is 0.287 e. The molecule has 1 amide bonds. The van der Waals surface area contributed by atoms with Crippen molar-refractivity contribution in [2.24, 2.45) is 0 Å². The summed E-state index contributed by atoms with van der Waals surface area (Å²) >= 11 is 0. The zero-order valence-electron chi connectivity index (χ0n) is 13.9. The highest BCUT2D eigenvalue weighted by molar-refractivity contribution is 5.96. The molecular weight excluding hydrogens is 330 g/mol. The summed E-state index contributed by atoms with van der Waals surface area (Å²) in [5.74, 6) is 1.47. The van der Waals surface area contributed by atoms with Crippen LogP contribution in [-0.2, 0) is 0 Å². The van der Waals surface area contributed by atoms with Crippen molar-refractivity contribution < 1.29 is 9.21 Å².